The van der Waals surface area contributed by atoms with E-state index in [0.29, 0.717) is 6.04 Å². The molecule has 0 aromatic heterocycles. The number of hydrogen-bond donors (Lipinski definition) is 0. The molecule has 1 aromatic carbocycles. The molecule has 1 unspecified atom stereocenters. The summed E-state index contributed by atoms with van der Waals surface area (Å²) >= 11 is 0. The van der Waals surface area contributed by atoms with Gasteiger partial charge < -0.3 is 0 Å². The van der Waals surface area contributed by atoms with Gasteiger partial charge in [-0.1, -0.05) is 30.0 Å². The third-order valence-corrected chi connectivity index (χ3v) is 4.59. The average molecular weight is 310 g/mol. The molecule has 0 saturated carbocycles. The lowest BCUT2D eigenvalue weighted by Gasteiger charge is -2.20. The molecule has 1 aromatic rings. The van der Waals surface area contributed by atoms with Crippen LogP contribution in [0.25, 0.3) is 0 Å². The number of non-ortho nitro benzene ring substituents is 1. The highest BCUT2D eigenvalue weighted by atomic mass is 16.6. The molecule has 0 spiro atoms. The molecule has 1 atom stereocenters. The molecule has 0 bridgehead atoms. The summed E-state index contributed by atoms with van der Waals surface area (Å²) in [6.07, 6.45) is 9.42. The van der Waals surface area contributed by atoms with Crippen molar-refractivity contribution in [3.8, 4) is 11.8 Å². The van der Waals surface area contributed by atoms with Crippen LogP contribution in [0.1, 0.15) is 44.1 Å². The number of allylic oxidation sites excluding steroid dienone is 2. The van der Waals surface area contributed by atoms with Gasteiger partial charge in [-0.3, -0.25) is 15.0 Å². The first-order valence-corrected chi connectivity index (χ1v) is 8.40. The third kappa shape index (κ3) is 4.20. The fourth-order valence-corrected chi connectivity index (χ4v) is 3.26. The molecule has 1 fully saturated rings. The van der Waals surface area contributed by atoms with Gasteiger partial charge in [0.1, 0.15) is 0 Å². The average Bonchev–Trinajstić information content (AvgIpc) is 3.01. The highest BCUT2D eigenvalue weighted by molar-refractivity contribution is 5.34. The molecule has 0 N–H and O–H groups in total. The molecule has 120 valence electrons. The molecule has 0 radical (unpaired) electrons. The van der Waals surface area contributed by atoms with Crippen molar-refractivity contribution in [3.63, 3.8) is 0 Å². The predicted octanol–water partition coefficient (Wildman–Crippen LogP) is 4.06. The van der Waals surface area contributed by atoms with Crippen LogP contribution in [0.4, 0.5) is 5.69 Å². The zero-order valence-electron chi connectivity index (χ0n) is 13.3. The molecule has 3 rings (SSSR count). The van der Waals surface area contributed by atoms with Gasteiger partial charge in [0.15, 0.2) is 0 Å². The highest BCUT2D eigenvalue weighted by Crippen LogP contribution is 2.22. The van der Waals surface area contributed by atoms with Gasteiger partial charge in [-0.25, -0.2) is 0 Å². The number of hydrogen-bond acceptors (Lipinski definition) is 3. The van der Waals surface area contributed by atoms with E-state index in [1.54, 1.807) is 12.1 Å². The summed E-state index contributed by atoms with van der Waals surface area (Å²) in [5.41, 5.74) is 2.57. The summed E-state index contributed by atoms with van der Waals surface area (Å²) in [6.45, 7) is 1.87. The number of likely N-dealkylation sites (tertiary alicyclic amines) is 1. The molecule has 4 heteroatoms. The van der Waals surface area contributed by atoms with E-state index in [2.05, 4.69) is 22.8 Å². The first-order chi connectivity index (χ1) is 11.2. The maximum Gasteiger partial charge on any atom is 0.269 e. The van der Waals surface area contributed by atoms with Crippen molar-refractivity contribution in [3.05, 3.63) is 51.6 Å². The van der Waals surface area contributed by atoms with Crippen molar-refractivity contribution in [1.29, 1.82) is 0 Å². The molecular formula is C19H22N2O2. The van der Waals surface area contributed by atoms with Gasteiger partial charge in [-0.2, -0.15) is 0 Å². The Morgan fingerprint density at radius 1 is 1.22 bits per heavy atom. The lowest BCUT2D eigenvalue weighted by Crippen LogP contribution is -2.27. The van der Waals surface area contributed by atoms with Crippen molar-refractivity contribution >= 4 is 5.69 Å². The maximum absolute atomic E-state index is 10.7. The van der Waals surface area contributed by atoms with Crippen molar-refractivity contribution in [2.45, 2.75) is 51.1 Å². The molecule has 1 aliphatic carbocycles. The second kappa shape index (κ2) is 7.43. The van der Waals surface area contributed by atoms with Crippen LogP contribution in [0.3, 0.4) is 0 Å². The minimum atomic E-state index is -0.355. The van der Waals surface area contributed by atoms with Crippen LogP contribution in [-0.4, -0.2) is 22.4 Å². The normalized spacial score (nSPS) is 21.4. The largest absolute Gasteiger partial charge is 0.285 e. The minimum Gasteiger partial charge on any atom is -0.285 e. The summed E-state index contributed by atoms with van der Waals surface area (Å²) in [5.74, 6) is 6.83. The van der Waals surface area contributed by atoms with Gasteiger partial charge in [0.05, 0.1) is 11.0 Å². The first kappa shape index (κ1) is 15.8. The molecular weight excluding hydrogens is 288 g/mol. The minimum absolute atomic E-state index is 0.149. The smallest absolute Gasteiger partial charge is 0.269 e. The Morgan fingerprint density at radius 2 is 2.04 bits per heavy atom. The number of nitro groups is 1. The number of rotatable bonds is 3. The van der Waals surface area contributed by atoms with E-state index in [0.717, 1.165) is 31.5 Å². The monoisotopic (exact) mass is 310 g/mol. The lowest BCUT2D eigenvalue weighted by molar-refractivity contribution is -0.384. The summed E-state index contributed by atoms with van der Waals surface area (Å²) in [7, 11) is 0. The Balaban J connectivity index is 1.63. The van der Waals surface area contributed by atoms with Gasteiger partial charge in [0.2, 0.25) is 0 Å². The van der Waals surface area contributed by atoms with Crippen molar-refractivity contribution in [1.82, 2.24) is 4.90 Å². The van der Waals surface area contributed by atoms with E-state index < -0.39 is 0 Å². The SMILES string of the molecule is O=[N+]([O-])c1ccc(CN2CCCC2C#CC2=CCCCC2)cc1. The topological polar surface area (TPSA) is 46.4 Å². The second-order valence-electron chi connectivity index (χ2n) is 6.30. The standard InChI is InChI=1S/C19H22N2O2/c22-21(23)19-12-9-17(10-13-19)15-20-14-4-7-18(20)11-8-16-5-2-1-3-6-16/h5,9-10,12-13,18H,1-4,6-7,14-15H2. The Morgan fingerprint density at radius 3 is 2.74 bits per heavy atom. The van der Waals surface area contributed by atoms with Gasteiger partial charge in [-0.05, 0) is 56.2 Å². The van der Waals surface area contributed by atoms with Crippen LogP contribution in [0.2, 0.25) is 0 Å². The number of nitrogens with zero attached hydrogens (tertiary/aromatic N) is 2. The summed E-state index contributed by atoms with van der Waals surface area (Å²) in [6, 6.07) is 7.18. The molecule has 4 nitrogen and oxygen atoms in total. The Labute approximate surface area is 137 Å². The predicted molar refractivity (Wildman–Crippen MR) is 90.9 cm³/mol. The van der Waals surface area contributed by atoms with Crippen LogP contribution < -0.4 is 0 Å². The van der Waals surface area contributed by atoms with E-state index in [1.165, 1.54) is 31.3 Å². The van der Waals surface area contributed by atoms with Gasteiger partial charge in [-0.15, -0.1) is 0 Å². The van der Waals surface area contributed by atoms with Crippen LogP contribution in [0.5, 0.6) is 0 Å². The van der Waals surface area contributed by atoms with Crippen LogP contribution in [0, 0.1) is 22.0 Å². The fraction of sp³-hybridized carbons (Fsp3) is 0.474. The zero-order valence-corrected chi connectivity index (χ0v) is 13.3. The summed E-state index contributed by atoms with van der Waals surface area (Å²) in [4.78, 5) is 12.7. The first-order valence-electron chi connectivity index (χ1n) is 8.40. The van der Waals surface area contributed by atoms with Gasteiger partial charge >= 0.3 is 0 Å². The van der Waals surface area contributed by atoms with Crippen molar-refractivity contribution in [2.75, 3.05) is 6.54 Å². The Bertz CT molecular complexity index is 652. The molecule has 2 aliphatic rings. The van der Waals surface area contributed by atoms with E-state index in [9.17, 15) is 10.1 Å². The molecule has 1 aliphatic heterocycles. The van der Waals surface area contributed by atoms with Crippen molar-refractivity contribution in [2.24, 2.45) is 0 Å². The van der Waals surface area contributed by atoms with E-state index in [-0.39, 0.29) is 10.6 Å². The highest BCUT2D eigenvalue weighted by Gasteiger charge is 2.22. The van der Waals surface area contributed by atoms with Crippen LogP contribution in [0.15, 0.2) is 35.9 Å². The second-order valence-corrected chi connectivity index (χ2v) is 6.30. The molecule has 23 heavy (non-hydrogen) atoms. The lowest BCUT2D eigenvalue weighted by atomic mass is 10.00. The van der Waals surface area contributed by atoms with Gasteiger partial charge in [0, 0.05) is 18.7 Å². The maximum atomic E-state index is 10.7. The fourth-order valence-electron chi connectivity index (χ4n) is 3.26. The van der Waals surface area contributed by atoms with Crippen LogP contribution >= 0.6 is 0 Å². The number of nitro benzene ring substituents is 1. The zero-order chi connectivity index (χ0) is 16.1. The van der Waals surface area contributed by atoms with Crippen LogP contribution in [-0.2, 0) is 6.54 Å². The summed E-state index contributed by atoms with van der Waals surface area (Å²) < 4.78 is 0. The van der Waals surface area contributed by atoms with Gasteiger partial charge in [0.25, 0.3) is 5.69 Å². The quantitative estimate of drug-likeness (QED) is 0.480. The third-order valence-electron chi connectivity index (χ3n) is 4.59. The molecule has 1 heterocycles. The Hall–Kier alpha value is -2.12. The number of benzene rings is 1. The Kier molecular flexibility index (Phi) is 5.09. The van der Waals surface area contributed by atoms with E-state index in [4.69, 9.17) is 0 Å². The van der Waals surface area contributed by atoms with E-state index in [1.807, 2.05) is 12.1 Å². The van der Waals surface area contributed by atoms with Crippen molar-refractivity contribution < 1.29 is 4.92 Å². The molecule has 0 amide bonds. The molecule has 1 saturated heterocycles. The van der Waals surface area contributed by atoms with E-state index >= 15 is 0 Å². The summed E-state index contributed by atoms with van der Waals surface area (Å²) in [5, 5.41) is 10.7.